The number of nitrogens with zero attached hydrogens (tertiary/aromatic N) is 6. The van der Waals surface area contributed by atoms with Gasteiger partial charge in [0.2, 0.25) is 0 Å². The molecule has 286 valence electrons. The Bertz CT molecular complexity index is 2640. The lowest BCUT2D eigenvalue weighted by Gasteiger charge is -2.28. The van der Waals surface area contributed by atoms with E-state index in [1.165, 1.54) is 22.3 Å². The standard InChI is InChI=1S/C54H40N6/c1-5-18-39(19-6-1)45-28-14-29-46(40-20-7-2-8-21-40)51(45)59-37-57(49-32-16-34-55-53(49)59)43-26-13-27-44(36-43)58-38-60(54-50(58)33-17-35-56-54)52-47(41-22-9-3-10-23-41)30-15-31-48(52)42-24-11-4-12-25-42/h1-36H,37-38H2. The number of anilines is 8. The molecule has 60 heavy (non-hydrogen) atoms. The summed E-state index contributed by atoms with van der Waals surface area (Å²) in [6.07, 6.45) is 3.80. The van der Waals surface area contributed by atoms with E-state index < -0.39 is 0 Å². The number of benzene rings is 7. The number of aromatic nitrogens is 2. The Kier molecular flexibility index (Phi) is 8.86. The SMILES string of the molecule is c1ccc(-c2cccc(-c3ccccc3)c2N2CN(c3cccc(N4CN(c5c(-c6ccccc6)cccc5-c5ccccc5)c5ncccc54)c3)c3cccnc32)cc1. The van der Waals surface area contributed by atoms with E-state index >= 15 is 0 Å². The molecule has 0 aliphatic carbocycles. The first kappa shape index (κ1) is 35.2. The summed E-state index contributed by atoms with van der Waals surface area (Å²) >= 11 is 0. The molecule has 0 fully saturated rings. The maximum atomic E-state index is 5.06. The molecule has 4 heterocycles. The van der Waals surface area contributed by atoms with Crippen LogP contribution in [0.4, 0.5) is 45.8 Å². The van der Waals surface area contributed by atoms with Gasteiger partial charge < -0.3 is 19.6 Å². The molecule has 0 saturated heterocycles. The van der Waals surface area contributed by atoms with Crippen LogP contribution < -0.4 is 19.6 Å². The average molecular weight is 773 g/mol. The fraction of sp³-hybridized carbons (Fsp3) is 0.0370. The third kappa shape index (κ3) is 6.14. The first-order valence-corrected chi connectivity index (χ1v) is 20.4. The zero-order valence-electron chi connectivity index (χ0n) is 32.9. The van der Waals surface area contributed by atoms with E-state index in [0.717, 1.165) is 68.0 Å². The third-order valence-electron chi connectivity index (χ3n) is 11.6. The molecule has 2 aliphatic rings. The molecule has 2 aromatic heterocycles. The molecule has 0 atom stereocenters. The second-order valence-electron chi connectivity index (χ2n) is 15.1. The zero-order valence-corrected chi connectivity index (χ0v) is 32.9. The first-order valence-electron chi connectivity index (χ1n) is 20.4. The van der Waals surface area contributed by atoms with E-state index in [2.05, 4.69) is 214 Å². The van der Waals surface area contributed by atoms with E-state index in [0.29, 0.717) is 13.3 Å². The first-order chi connectivity index (χ1) is 29.8. The summed E-state index contributed by atoms with van der Waals surface area (Å²) in [4.78, 5) is 19.7. The van der Waals surface area contributed by atoms with Crippen molar-refractivity contribution in [1.82, 2.24) is 9.97 Å². The van der Waals surface area contributed by atoms with E-state index in [1.807, 2.05) is 24.5 Å². The van der Waals surface area contributed by atoms with Crippen molar-refractivity contribution in [3.8, 4) is 44.5 Å². The van der Waals surface area contributed by atoms with Crippen molar-refractivity contribution in [1.29, 1.82) is 0 Å². The van der Waals surface area contributed by atoms with Crippen molar-refractivity contribution < 1.29 is 0 Å². The van der Waals surface area contributed by atoms with Crippen molar-refractivity contribution in [3.05, 3.63) is 219 Å². The number of fused-ring (bicyclic) bond motifs is 2. The fourth-order valence-corrected chi connectivity index (χ4v) is 8.88. The number of hydrogen-bond acceptors (Lipinski definition) is 6. The van der Waals surface area contributed by atoms with Crippen LogP contribution in [-0.4, -0.2) is 23.3 Å². The summed E-state index contributed by atoms with van der Waals surface area (Å²) < 4.78 is 0. The molecule has 0 saturated carbocycles. The van der Waals surface area contributed by atoms with Crippen LogP contribution in [0.1, 0.15) is 0 Å². The van der Waals surface area contributed by atoms with Gasteiger partial charge in [0.15, 0.2) is 11.6 Å². The largest absolute Gasteiger partial charge is 0.320 e. The van der Waals surface area contributed by atoms with Gasteiger partial charge in [-0.15, -0.1) is 0 Å². The van der Waals surface area contributed by atoms with Crippen molar-refractivity contribution in [2.75, 3.05) is 32.9 Å². The van der Waals surface area contributed by atoms with Gasteiger partial charge in [0.25, 0.3) is 0 Å². The highest BCUT2D eigenvalue weighted by atomic mass is 15.4. The van der Waals surface area contributed by atoms with Gasteiger partial charge in [-0.2, -0.15) is 0 Å². The molecule has 0 radical (unpaired) electrons. The Morgan fingerprint density at radius 3 is 0.983 bits per heavy atom. The maximum Gasteiger partial charge on any atom is 0.158 e. The monoisotopic (exact) mass is 772 g/mol. The summed E-state index contributed by atoms with van der Waals surface area (Å²) in [5.41, 5.74) is 15.9. The van der Waals surface area contributed by atoms with E-state index in [4.69, 9.17) is 9.97 Å². The second-order valence-corrected chi connectivity index (χ2v) is 15.1. The van der Waals surface area contributed by atoms with Gasteiger partial charge in [-0.3, -0.25) is 0 Å². The van der Waals surface area contributed by atoms with Gasteiger partial charge in [0.05, 0.1) is 22.7 Å². The Hall–Kier alpha value is -7.96. The summed E-state index contributed by atoms with van der Waals surface area (Å²) in [5.74, 6) is 1.85. The van der Waals surface area contributed by atoms with Gasteiger partial charge in [0.1, 0.15) is 13.3 Å². The van der Waals surface area contributed by atoms with Gasteiger partial charge in [-0.05, 0) is 64.7 Å². The van der Waals surface area contributed by atoms with E-state index in [-0.39, 0.29) is 0 Å². The van der Waals surface area contributed by atoms with Gasteiger partial charge in [-0.25, -0.2) is 9.97 Å². The Balaban J connectivity index is 1.01. The molecule has 0 spiro atoms. The third-order valence-corrected chi connectivity index (χ3v) is 11.6. The van der Waals surface area contributed by atoms with Crippen molar-refractivity contribution in [3.63, 3.8) is 0 Å². The number of pyridine rings is 2. The minimum atomic E-state index is 0.592. The molecular weight excluding hydrogens is 733 g/mol. The summed E-state index contributed by atoms with van der Waals surface area (Å²) in [5, 5.41) is 0. The van der Waals surface area contributed by atoms with Crippen LogP contribution in [0.2, 0.25) is 0 Å². The lowest BCUT2D eigenvalue weighted by Crippen LogP contribution is -2.26. The molecule has 6 nitrogen and oxygen atoms in total. The normalized spacial score (nSPS) is 13.1. The highest BCUT2D eigenvalue weighted by Gasteiger charge is 2.35. The fourth-order valence-electron chi connectivity index (χ4n) is 8.88. The molecule has 2 aliphatic heterocycles. The predicted molar refractivity (Wildman–Crippen MR) is 248 cm³/mol. The highest BCUT2D eigenvalue weighted by molar-refractivity contribution is 5.99. The topological polar surface area (TPSA) is 38.7 Å². The minimum absolute atomic E-state index is 0.592. The second kappa shape index (κ2) is 15.1. The quantitative estimate of drug-likeness (QED) is 0.153. The Morgan fingerprint density at radius 1 is 0.300 bits per heavy atom. The number of rotatable bonds is 8. The number of para-hydroxylation sites is 2. The highest BCUT2D eigenvalue weighted by Crippen LogP contribution is 2.52. The Morgan fingerprint density at radius 2 is 0.633 bits per heavy atom. The molecule has 0 bridgehead atoms. The van der Waals surface area contributed by atoms with Crippen molar-refractivity contribution in [2.24, 2.45) is 0 Å². The lowest BCUT2D eigenvalue weighted by molar-refractivity contribution is 0.971. The van der Waals surface area contributed by atoms with Crippen LogP contribution in [0, 0.1) is 0 Å². The molecular formula is C54H40N6. The Labute approximate surface area is 350 Å². The molecule has 0 unspecified atom stereocenters. The minimum Gasteiger partial charge on any atom is -0.320 e. The van der Waals surface area contributed by atoms with E-state index in [1.54, 1.807) is 0 Å². The molecule has 6 heteroatoms. The van der Waals surface area contributed by atoms with Gasteiger partial charge in [-0.1, -0.05) is 164 Å². The van der Waals surface area contributed by atoms with Crippen LogP contribution in [-0.2, 0) is 0 Å². The van der Waals surface area contributed by atoms with Crippen molar-refractivity contribution >= 4 is 45.8 Å². The van der Waals surface area contributed by atoms with Crippen LogP contribution >= 0.6 is 0 Å². The molecule has 7 aromatic carbocycles. The van der Waals surface area contributed by atoms with Crippen LogP contribution in [0.25, 0.3) is 44.5 Å². The number of hydrogen-bond donors (Lipinski definition) is 0. The van der Waals surface area contributed by atoms with Crippen LogP contribution in [0.3, 0.4) is 0 Å². The van der Waals surface area contributed by atoms with E-state index in [9.17, 15) is 0 Å². The average Bonchev–Trinajstić information content (AvgIpc) is 3.92. The molecule has 9 aromatic rings. The summed E-state index contributed by atoms with van der Waals surface area (Å²) in [6.45, 7) is 1.18. The molecule has 0 amide bonds. The van der Waals surface area contributed by atoms with Crippen LogP contribution in [0.5, 0.6) is 0 Å². The molecule has 11 rings (SSSR count). The zero-order chi connectivity index (χ0) is 39.8. The van der Waals surface area contributed by atoms with Crippen molar-refractivity contribution in [2.45, 2.75) is 0 Å². The molecule has 0 N–H and O–H groups in total. The summed E-state index contributed by atoms with van der Waals surface area (Å²) in [7, 11) is 0. The van der Waals surface area contributed by atoms with Crippen LogP contribution in [0.15, 0.2) is 219 Å². The van der Waals surface area contributed by atoms with Gasteiger partial charge >= 0.3 is 0 Å². The maximum absolute atomic E-state index is 5.06. The van der Waals surface area contributed by atoms with Gasteiger partial charge in [0, 0.05) is 46.0 Å². The smallest absolute Gasteiger partial charge is 0.158 e. The lowest BCUT2D eigenvalue weighted by atomic mass is 9.95. The predicted octanol–water partition coefficient (Wildman–Crippen LogP) is 13.6. The summed E-state index contributed by atoms with van der Waals surface area (Å²) in [6, 6.07) is 73.3.